The van der Waals surface area contributed by atoms with Gasteiger partial charge in [0.1, 0.15) is 0 Å². The zero-order valence-electron chi connectivity index (χ0n) is 12.8. The number of nitrogens with zero attached hydrogens (tertiary/aromatic N) is 1. The molecule has 3 nitrogen and oxygen atoms in total. The van der Waals surface area contributed by atoms with Crippen molar-refractivity contribution in [3.63, 3.8) is 0 Å². The molecular formula is C17H22N2OS. The summed E-state index contributed by atoms with van der Waals surface area (Å²) >= 11 is 1.68. The topological polar surface area (TPSA) is 42.0 Å². The lowest BCUT2D eigenvalue weighted by atomic mass is 10.1. The molecule has 1 amide bonds. The van der Waals surface area contributed by atoms with Crippen LogP contribution in [0.15, 0.2) is 29.6 Å². The van der Waals surface area contributed by atoms with E-state index in [1.165, 1.54) is 0 Å². The van der Waals surface area contributed by atoms with Crippen LogP contribution in [0.4, 0.5) is 0 Å². The zero-order chi connectivity index (χ0) is 15.2. The summed E-state index contributed by atoms with van der Waals surface area (Å²) in [7, 11) is 0. The maximum absolute atomic E-state index is 12.0. The van der Waals surface area contributed by atoms with Gasteiger partial charge in [-0.15, -0.1) is 11.3 Å². The standard InChI is InChI=1S/C17H22N2OS/c1-4-16-19-15(11-21-16)13-5-7-14(8-6-13)17(20)18-10-9-12(2)3/h5-8,11-12H,4,9-10H2,1-3H3,(H,18,20). The number of carbonyl (C=O) groups excluding carboxylic acids is 1. The molecule has 1 heterocycles. The van der Waals surface area contributed by atoms with E-state index in [4.69, 9.17) is 0 Å². The van der Waals surface area contributed by atoms with Crippen molar-refractivity contribution >= 4 is 17.2 Å². The summed E-state index contributed by atoms with van der Waals surface area (Å²) in [6, 6.07) is 7.66. The van der Waals surface area contributed by atoms with E-state index in [1.54, 1.807) is 11.3 Å². The van der Waals surface area contributed by atoms with Crippen molar-refractivity contribution in [3.05, 3.63) is 40.2 Å². The Kier molecular flexibility index (Phi) is 5.51. The minimum Gasteiger partial charge on any atom is -0.352 e. The summed E-state index contributed by atoms with van der Waals surface area (Å²) in [5.41, 5.74) is 2.75. The van der Waals surface area contributed by atoms with E-state index in [2.05, 4.69) is 36.5 Å². The van der Waals surface area contributed by atoms with Crippen LogP contribution in [-0.2, 0) is 6.42 Å². The van der Waals surface area contributed by atoms with Gasteiger partial charge in [-0.05, 0) is 30.9 Å². The van der Waals surface area contributed by atoms with E-state index in [9.17, 15) is 4.79 Å². The first-order valence-corrected chi connectivity index (χ1v) is 8.31. The molecule has 0 unspecified atom stereocenters. The molecule has 4 heteroatoms. The van der Waals surface area contributed by atoms with Crippen molar-refractivity contribution in [2.45, 2.75) is 33.6 Å². The number of hydrogen-bond donors (Lipinski definition) is 1. The average molecular weight is 302 g/mol. The summed E-state index contributed by atoms with van der Waals surface area (Å²) in [5, 5.41) is 6.16. The van der Waals surface area contributed by atoms with E-state index in [0.717, 1.165) is 35.7 Å². The Morgan fingerprint density at radius 3 is 2.57 bits per heavy atom. The predicted octanol–water partition coefficient (Wildman–Crippen LogP) is 4.15. The summed E-state index contributed by atoms with van der Waals surface area (Å²) in [6.07, 6.45) is 1.96. The molecule has 1 aromatic heterocycles. The van der Waals surface area contributed by atoms with Gasteiger partial charge in [-0.3, -0.25) is 4.79 Å². The predicted molar refractivity (Wildman–Crippen MR) is 88.7 cm³/mol. The highest BCUT2D eigenvalue weighted by Crippen LogP contribution is 2.22. The van der Waals surface area contributed by atoms with Crippen LogP contribution < -0.4 is 5.32 Å². The van der Waals surface area contributed by atoms with Gasteiger partial charge in [0.05, 0.1) is 10.7 Å². The smallest absolute Gasteiger partial charge is 0.251 e. The van der Waals surface area contributed by atoms with Gasteiger partial charge in [0.2, 0.25) is 0 Å². The molecule has 2 aromatic rings. The minimum atomic E-state index is -0.00488. The number of thiazole rings is 1. The number of aryl methyl sites for hydroxylation is 1. The van der Waals surface area contributed by atoms with Crippen LogP contribution in [0.1, 0.15) is 42.6 Å². The summed E-state index contributed by atoms with van der Waals surface area (Å²) in [4.78, 5) is 16.6. The van der Waals surface area contributed by atoms with Crippen molar-refractivity contribution in [2.24, 2.45) is 5.92 Å². The van der Waals surface area contributed by atoms with Crippen molar-refractivity contribution in [1.29, 1.82) is 0 Å². The molecule has 0 aliphatic carbocycles. The summed E-state index contributed by atoms with van der Waals surface area (Å²) < 4.78 is 0. The van der Waals surface area contributed by atoms with Gasteiger partial charge in [-0.2, -0.15) is 0 Å². The second-order valence-corrected chi connectivity index (χ2v) is 6.44. The lowest BCUT2D eigenvalue weighted by Crippen LogP contribution is -2.25. The molecule has 0 saturated carbocycles. The molecule has 0 fully saturated rings. The Hall–Kier alpha value is -1.68. The average Bonchev–Trinajstić information content (AvgIpc) is 2.96. The van der Waals surface area contributed by atoms with Gasteiger partial charge in [0, 0.05) is 23.1 Å². The third-order valence-corrected chi connectivity index (χ3v) is 4.30. The molecule has 1 N–H and O–H groups in total. The largest absolute Gasteiger partial charge is 0.352 e. The van der Waals surface area contributed by atoms with Crippen molar-refractivity contribution < 1.29 is 4.79 Å². The monoisotopic (exact) mass is 302 g/mol. The molecule has 0 radical (unpaired) electrons. The Balaban J connectivity index is 1.99. The third kappa shape index (κ3) is 4.39. The molecule has 0 bridgehead atoms. The molecule has 0 aliphatic rings. The molecular weight excluding hydrogens is 280 g/mol. The molecule has 0 spiro atoms. The van der Waals surface area contributed by atoms with Crippen molar-refractivity contribution in [3.8, 4) is 11.3 Å². The van der Waals surface area contributed by atoms with Crippen LogP contribution in [0.25, 0.3) is 11.3 Å². The maximum atomic E-state index is 12.0. The highest BCUT2D eigenvalue weighted by Gasteiger charge is 2.07. The lowest BCUT2D eigenvalue weighted by molar-refractivity contribution is 0.0952. The molecule has 0 atom stereocenters. The fourth-order valence-corrected chi connectivity index (χ4v) is 2.73. The number of aromatic nitrogens is 1. The Bertz CT molecular complexity index is 587. The van der Waals surface area contributed by atoms with Crippen LogP contribution in [0, 0.1) is 5.92 Å². The van der Waals surface area contributed by atoms with Gasteiger partial charge >= 0.3 is 0 Å². The van der Waals surface area contributed by atoms with Crippen LogP contribution in [0.3, 0.4) is 0 Å². The molecule has 112 valence electrons. The number of hydrogen-bond acceptors (Lipinski definition) is 3. The normalized spacial score (nSPS) is 10.9. The number of nitrogens with one attached hydrogen (secondary N) is 1. The Labute approximate surface area is 130 Å². The molecule has 21 heavy (non-hydrogen) atoms. The SMILES string of the molecule is CCc1nc(-c2ccc(C(=O)NCCC(C)C)cc2)cs1. The van der Waals surface area contributed by atoms with Crippen molar-refractivity contribution in [1.82, 2.24) is 10.3 Å². The van der Waals surface area contributed by atoms with Gasteiger partial charge in [0.15, 0.2) is 0 Å². The number of carbonyl (C=O) groups is 1. The number of rotatable bonds is 6. The van der Waals surface area contributed by atoms with Crippen LogP contribution >= 0.6 is 11.3 Å². The Morgan fingerprint density at radius 2 is 2.00 bits per heavy atom. The van der Waals surface area contributed by atoms with E-state index in [1.807, 2.05) is 24.3 Å². The minimum absolute atomic E-state index is 0.00488. The van der Waals surface area contributed by atoms with Crippen molar-refractivity contribution in [2.75, 3.05) is 6.54 Å². The van der Waals surface area contributed by atoms with Crippen LogP contribution in [0.5, 0.6) is 0 Å². The quantitative estimate of drug-likeness (QED) is 0.871. The summed E-state index contributed by atoms with van der Waals surface area (Å²) in [5.74, 6) is 0.597. The second-order valence-electron chi connectivity index (χ2n) is 5.50. The maximum Gasteiger partial charge on any atom is 0.251 e. The van der Waals surface area contributed by atoms with Gasteiger partial charge in [-0.25, -0.2) is 4.98 Å². The first-order valence-electron chi connectivity index (χ1n) is 7.43. The van der Waals surface area contributed by atoms with Crippen LogP contribution in [0.2, 0.25) is 0 Å². The summed E-state index contributed by atoms with van der Waals surface area (Å²) in [6.45, 7) is 7.14. The van der Waals surface area contributed by atoms with E-state index < -0.39 is 0 Å². The van der Waals surface area contributed by atoms with Gasteiger partial charge in [-0.1, -0.05) is 32.9 Å². The zero-order valence-corrected chi connectivity index (χ0v) is 13.7. The first kappa shape index (κ1) is 15.7. The molecule has 0 saturated heterocycles. The second kappa shape index (κ2) is 7.36. The highest BCUT2D eigenvalue weighted by atomic mass is 32.1. The van der Waals surface area contributed by atoms with E-state index in [-0.39, 0.29) is 5.91 Å². The number of amides is 1. The third-order valence-electron chi connectivity index (χ3n) is 3.30. The van der Waals surface area contributed by atoms with Crippen LogP contribution in [-0.4, -0.2) is 17.4 Å². The lowest BCUT2D eigenvalue weighted by Gasteiger charge is -2.07. The molecule has 0 aliphatic heterocycles. The molecule has 2 rings (SSSR count). The van der Waals surface area contributed by atoms with Gasteiger partial charge in [0.25, 0.3) is 5.91 Å². The Morgan fingerprint density at radius 1 is 1.29 bits per heavy atom. The fraction of sp³-hybridized carbons (Fsp3) is 0.412. The van der Waals surface area contributed by atoms with Gasteiger partial charge < -0.3 is 5.32 Å². The van der Waals surface area contributed by atoms with E-state index in [0.29, 0.717) is 11.5 Å². The van der Waals surface area contributed by atoms with E-state index >= 15 is 0 Å². The fourth-order valence-electron chi connectivity index (χ4n) is 1.97. The molecule has 1 aromatic carbocycles. The highest BCUT2D eigenvalue weighted by molar-refractivity contribution is 7.09. The first-order chi connectivity index (χ1) is 10.1. The number of benzene rings is 1.